The number of rotatable bonds is 8. The van der Waals surface area contributed by atoms with Crippen LogP contribution in [-0.2, 0) is 19.6 Å². The van der Waals surface area contributed by atoms with E-state index >= 15 is 0 Å². The first-order chi connectivity index (χ1) is 12.4. The van der Waals surface area contributed by atoms with Gasteiger partial charge in [0.1, 0.15) is 5.75 Å². The topological polar surface area (TPSA) is 84.9 Å². The van der Waals surface area contributed by atoms with Gasteiger partial charge in [0.05, 0.1) is 11.5 Å². The van der Waals surface area contributed by atoms with Crippen LogP contribution < -0.4 is 10.1 Å². The van der Waals surface area contributed by atoms with E-state index in [-0.39, 0.29) is 23.5 Å². The summed E-state index contributed by atoms with van der Waals surface area (Å²) in [6, 6.07) is 6.12. The lowest BCUT2D eigenvalue weighted by atomic mass is 10.2. The number of nitrogens with zero attached hydrogens (tertiary/aromatic N) is 1. The Balaban J connectivity index is 1.92. The average Bonchev–Trinajstić information content (AvgIpc) is 2.90. The Kier molecular flexibility index (Phi) is 7.86. The standard InChI is InChI=1S/C18H28N2O5S/c1-15(13-24-2)19-18(21)14-25-16-7-9-17(10-8-16)26(22,23)20-11-5-3-4-6-12-20/h7-10,15H,3-6,11-14H2,1-2H3,(H,19,21). The molecule has 0 radical (unpaired) electrons. The van der Waals surface area contributed by atoms with Crippen molar-refractivity contribution < 1.29 is 22.7 Å². The van der Waals surface area contributed by atoms with Gasteiger partial charge in [-0.15, -0.1) is 0 Å². The zero-order valence-corrected chi connectivity index (χ0v) is 16.3. The van der Waals surface area contributed by atoms with Crippen molar-refractivity contribution in [2.75, 3.05) is 33.4 Å². The predicted molar refractivity (Wildman–Crippen MR) is 98.6 cm³/mol. The maximum absolute atomic E-state index is 12.7. The molecule has 2 rings (SSSR count). The summed E-state index contributed by atoms with van der Waals surface area (Å²) in [6.45, 7) is 3.27. The van der Waals surface area contributed by atoms with E-state index in [9.17, 15) is 13.2 Å². The highest BCUT2D eigenvalue weighted by Crippen LogP contribution is 2.22. The molecule has 1 aliphatic rings. The van der Waals surface area contributed by atoms with E-state index in [1.807, 2.05) is 6.92 Å². The van der Waals surface area contributed by atoms with Crippen LogP contribution in [0.3, 0.4) is 0 Å². The summed E-state index contributed by atoms with van der Waals surface area (Å²) in [6.07, 6.45) is 3.95. The number of carbonyl (C=O) groups excluding carboxylic acids is 1. The van der Waals surface area contributed by atoms with E-state index in [1.54, 1.807) is 23.5 Å². The summed E-state index contributed by atoms with van der Waals surface area (Å²) >= 11 is 0. The predicted octanol–water partition coefficient (Wildman–Crippen LogP) is 1.78. The fourth-order valence-electron chi connectivity index (χ4n) is 2.90. The van der Waals surface area contributed by atoms with Gasteiger partial charge in [0.25, 0.3) is 5.91 Å². The second-order valence-electron chi connectivity index (χ2n) is 6.50. The SMILES string of the molecule is COCC(C)NC(=O)COc1ccc(S(=O)(=O)N2CCCCCC2)cc1. The fraction of sp³-hybridized carbons (Fsp3) is 0.611. The van der Waals surface area contributed by atoms with Gasteiger partial charge in [-0.1, -0.05) is 12.8 Å². The number of hydrogen-bond acceptors (Lipinski definition) is 5. The van der Waals surface area contributed by atoms with Crippen molar-refractivity contribution in [1.82, 2.24) is 9.62 Å². The molecule has 0 aliphatic carbocycles. The number of amides is 1. The van der Waals surface area contributed by atoms with E-state index in [0.717, 1.165) is 25.7 Å². The van der Waals surface area contributed by atoms with Crippen molar-refractivity contribution in [3.63, 3.8) is 0 Å². The molecule has 1 unspecified atom stereocenters. The van der Waals surface area contributed by atoms with Crippen molar-refractivity contribution in [2.45, 2.75) is 43.5 Å². The lowest BCUT2D eigenvalue weighted by Crippen LogP contribution is -2.38. The molecule has 0 aromatic heterocycles. The van der Waals surface area contributed by atoms with Crippen LogP contribution in [0.2, 0.25) is 0 Å². The molecule has 8 heteroatoms. The van der Waals surface area contributed by atoms with Gasteiger partial charge in [0, 0.05) is 26.2 Å². The van der Waals surface area contributed by atoms with Gasteiger partial charge in [-0.3, -0.25) is 4.79 Å². The number of benzene rings is 1. The first kappa shape index (κ1) is 20.7. The molecule has 1 aromatic carbocycles. The minimum absolute atomic E-state index is 0.0998. The normalized spacial score (nSPS) is 17.3. The Morgan fingerprint density at radius 2 is 1.77 bits per heavy atom. The second kappa shape index (κ2) is 9.89. The zero-order valence-electron chi connectivity index (χ0n) is 15.4. The summed E-state index contributed by atoms with van der Waals surface area (Å²) in [5.74, 6) is 0.199. The molecule has 0 saturated carbocycles. The molecule has 1 heterocycles. The van der Waals surface area contributed by atoms with E-state index in [2.05, 4.69) is 5.32 Å². The molecule has 1 aromatic rings. The molecular formula is C18H28N2O5S. The summed E-state index contributed by atoms with van der Waals surface area (Å²) in [5, 5.41) is 2.74. The summed E-state index contributed by atoms with van der Waals surface area (Å²) in [5.41, 5.74) is 0. The Morgan fingerprint density at radius 1 is 1.15 bits per heavy atom. The van der Waals surface area contributed by atoms with Gasteiger partial charge in [-0.2, -0.15) is 4.31 Å². The highest BCUT2D eigenvalue weighted by Gasteiger charge is 2.25. The third-order valence-electron chi connectivity index (χ3n) is 4.22. The summed E-state index contributed by atoms with van der Waals surface area (Å²) < 4.78 is 37.3. The Bertz CT molecular complexity index is 667. The third-order valence-corrected chi connectivity index (χ3v) is 6.13. The lowest BCUT2D eigenvalue weighted by molar-refractivity contribution is -0.124. The molecule has 1 fully saturated rings. The molecule has 0 bridgehead atoms. The number of carbonyl (C=O) groups is 1. The second-order valence-corrected chi connectivity index (χ2v) is 8.44. The third kappa shape index (κ3) is 5.96. The van der Waals surface area contributed by atoms with Gasteiger partial charge in [-0.05, 0) is 44.0 Å². The van der Waals surface area contributed by atoms with Crippen molar-refractivity contribution in [3.05, 3.63) is 24.3 Å². The first-order valence-electron chi connectivity index (χ1n) is 8.95. The number of ether oxygens (including phenoxy) is 2. The Labute approximate surface area is 155 Å². The van der Waals surface area contributed by atoms with Gasteiger partial charge in [-0.25, -0.2) is 8.42 Å². The van der Waals surface area contributed by atoms with Crippen LogP contribution in [0.15, 0.2) is 29.2 Å². The first-order valence-corrected chi connectivity index (χ1v) is 10.4. The highest BCUT2D eigenvalue weighted by molar-refractivity contribution is 7.89. The smallest absolute Gasteiger partial charge is 0.258 e. The van der Waals surface area contributed by atoms with Crippen LogP contribution >= 0.6 is 0 Å². The maximum atomic E-state index is 12.7. The van der Waals surface area contributed by atoms with Crippen LogP contribution in [0.25, 0.3) is 0 Å². The van der Waals surface area contributed by atoms with Gasteiger partial charge in [0.15, 0.2) is 6.61 Å². The van der Waals surface area contributed by atoms with Gasteiger partial charge < -0.3 is 14.8 Å². The molecular weight excluding hydrogens is 356 g/mol. The number of nitrogens with one attached hydrogen (secondary N) is 1. The maximum Gasteiger partial charge on any atom is 0.258 e. The van der Waals surface area contributed by atoms with Crippen molar-refractivity contribution in [2.24, 2.45) is 0 Å². The van der Waals surface area contributed by atoms with E-state index in [0.29, 0.717) is 25.4 Å². The Hall–Kier alpha value is -1.64. The number of sulfonamides is 1. The lowest BCUT2D eigenvalue weighted by Gasteiger charge is -2.20. The molecule has 1 N–H and O–H groups in total. The van der Waals surface area contributed by atoms with Gasteiger partial charge >= 0.3 is 0 Å². The molecule has 146 valence electrons. The average molecular weight is 384 g/mol. The fourth-order valence-corrected chi connectivity index (χ4v) is 4.41. The van der Waals surface area contributed by atoms with Crippen LogP contribution in [0.4, 0.5) is 0 Å². The quantitative estimate of drug-likeness (QED) is 0.738. The van der Waals surface area contributed by atoms with Crippen LogP contribution in [0.5, 0.6) is 5.75 Å². The van der Waals surface area contributed by atoms with Crippen LogP contribution in [-0.4, -0.2) is 58.1 Å². The van der Waals surface area contributed by atoms with Gasteiger partial charge in [0.2, 0.25) is 10.0 Å². The Morgan fingerprint density at radius 3 is 2.35 bits per heavy atom. The minimum atomic E-state index is -3.47. The van der Waals surface area contributed by atoms with E-state index in [4.69, 9.17) is 9.47 Å². The monoisotopic (exact) mass is 384 g/mol. The molecule has 1 amide bonds. The minimum Gasteiger partial charge on any atom is -0.484 e. The molecule has 7 nitrogen and oxygen atoms in total. The molecule has 1 atom stereocenters. The van der Waals surface area contributed by atoms with E-state index in [1.165, 1.54) is 12.1 Å². The molecule has 0 spiro atoms. The molecule has 1 aliphatic heterocycles. The summed E-state index contributed by atoms with van der Waals surface area (Å²) in [4.78, 5) is 12.0. The van der Waals surface area contributed by atoms with E-state index < -0.39 is 10.0 Å². The zero-order chi connectivity index (χ0) is 19.0. The molecule has 26 heavy (non-hydrogen) atoms. The summed E-state index contributed by atoms with van der Waals surface area (Å²) in [7, 11) is -1.90. The number of hydrogen-bond donors (Lipinski definition) is 1. The van der Waals surface area contributed by atoms with Crippen molar-refractivity contribution in [1.29, 1.82) is 0 Å². The number of methoxy groups -OCH3 is 1. The molecule has 1 saturated heterocycles. The van der Waals surface area contributed by atoms with Crippen LogP contribution in [0, 0.1) is 0 Å². The highest BCUT2D eigenvalue weighted by atomic mass is 32.2. The van der Waals surface area contributed by atoms with Crippen LogP contribution in [0.1, 0.15) is 32.6 Å². The van der Waals surface area contributed by atoms with Crippen molar-refractivity contribution in [3.8, 4) is 5.75 Å². The van der Waals surface area contributed by atoms with Crippen molar-refractivity contribution >= 4 is 15.9 Å². The largest absolute Gasteiger partial charge is 0.484 e.